The van der Waals surface area contributed by atoms with Gasteiger partial charge in [-0.2, -0.15) is 0 Å². The Kier molecular flexibility index (Phi) is 5.63. The highest BCUT2D eigenvalue weighted by Gasteiger charge is 2.16. The van der Waals surface area contributed by atoms with E-state index in [9.17, 15) is 0 Å². The van der Waals surface area contributed by atoms with Crippen LogP contribution < -0.4 is 5.32 Å². The van der Waals surface area contributed by atoms with Gasteiger partial charge in [0.1, 0.15) is 16.5 Å². The number of aromatic nitrogens is 2. The summed E-state index contributed by atoms with van der Waals surface area (Å²) >= 11 is 1.66. The van der Waals surface area contributed by atoms with Crippen molar-refractivity contribution in [1.82, 2.24) is 14.9 Å². The molecule has 2 aromatic heterocycles. The zero-order chi connectivity index (χ0) is 17.8. The van der Waals surface area contributed by atoms with Crippen molar-refractivity contribution in [3.63, 3.8) is 0 Å². The smallest absolute Gasteiger partial charge is 0.146 e. The van der Waals surface area contributed by atoms with Gasteiger partial charge >= 0.3 is 0 Å². The first-order valence-electron chi connectivity index (χ1n) is 8.33. The Morgan fingerprint density at radius 3 is 2.64 bits per heavy atom. The molecule has 1 atom stereocenters. The highest BCUT2D eigenvalue weighted by atomic mass is 32.1. The van der Waals surface area contributed by atoms with E-state index in [0.717, 1.165) is 21.9 Å². The van der Waals surface area contributed by atoms with Gasteiger partial charge in [-0.15, -0.1) is 11.3 Å². The molecular weight excluding hydrogens is 332 g/mol. The summed E-state index contributed by atoms with van der Waals surface area (Å²) in [5, 5.41) is 6.71. The van der Waals surface area contributed by atoms with E-state index < -0.39 is 0 Å². The average Bonchev–Trinajstić information content (AvgIpc) is 3.03. The molecule has 25 heavy (non-hydrogen) atoms. The van der Waals surface area contributed by atoms with Crippen LogP contribution >= 0.6 is 11.3 Å². The fraction of sp³-hybridized carbons (Fsp3) is 0.368. The Morgan fingerprint density at radius 1 is 1.20 bits per heavy atom. The zero-order valence-corrected chi connectivity index (χ0v) is 15.9. The molecule has 2 heterocycles. The molecule has 0 spiro atoms. The molecule has 3 aromatic rings. The Morgan fingerprint density at radius 2 is 1.96 bits per heavy atom. The highest BCUT2D eigenvalue weighted by Crippen LogP contribution is 2.37. The number of nitrogens with zero attached hydrogens (tertiary/aromatic N) is 3. The van der Waals surface area contributed by atoms with Crippen molar-refractivity contribution in [2.24, 2.45) is 0 Å². The minimum absolute atomic E-state index is 0.112. The molecule has 3 rings (SSSR count). The van der Waals surface area contributed by atoms with E-state index >= 15 is 0 Å². The largest absolute Gasteiger partial charge is 0.380 e. The standard InChI is InChI=1S/C19H24N4OS/c1-13(24-4)10-20-18-17-15(14-8-6-5-7-9-14)12-25-19(17)22-16(21-18)11-23(2)3/h5-9,12-13H,10-11H2,1-4H3,(H,20,21,22). The maximum absolute atomic E-state index is 5.36. The molecule has 0 radical (unpaired) electrons. The lowest BCUT2D eigenvalue weighted by Crippen LogP contribution is -2.20. The number of ether oxygens (including phenoxy) is 1. The Hall–Kier alpha value is -2.02. The molecule has 0 saturated carbocycles. The van der Waals surface area contributed by atoms with Crippen LogP contribution in [0.15, 0.2) is 35.7 Å². The first-order chi connectivity index (χ1) is 12.1. The number of anilines is 1. The molecule has 0 fully saturated rings. The van der Waals surface area contributed by atoms with E-state index in [1.54, 1.807) is 18.4 Å². The van der Waals surface area contributed by atoms with E-state index in [2.05, 4.69) is 39.9 Å². The van der Waals surface area contributed by atoms with E-state index in [0.29, 0.717) is 13.1 Å². The second-order valence-corrected chi connectivity index (χ2v) is 7.21. The van der Waals surface area contributed by atoms with Crippen LogP contribution in [0.25, 0.3) is 21.3 Å². The number of hydrogen-bond acceptors (Lipinski definition) is 6. The van der Waals surface area contributed by atoms with Gasteiger partial charge in [0.2, 0.25) is 0 Å². The fourth-order valence-electron chi connectivity index (χ4n) is 2.62. The lowest BCUT2D eigenvalue weighted by molar-refractivity contribution is 0.128. The van der Waals surface area contributed by atoms with Gasteiger partial charge in [-0.1, -0.05) is 30.3 Å². The summed E-state index contributed by atoms with van der Waals surface area (Å²) in [6.45, 7) is 3.45. The van der Waals surface area contributed by atoms with Crippen LogP contribution in [0.5, 0.6) is 0 Å². The molecule has 1 N–H and O–H groups in total. The van der Waals surface area contributed by atoms with Crippen LogP contribution in [0.3, 0.4) is 0 Å². The molecule has 0 aliphatic rings. The highest BCUT2D eigenvalue weighted by molar-refractivity contribution is 7.17. The zero-order valence-electron chi connectivity index (χ0n) is 15.1. The Balaban J connectivity index is 2.08. The van der Waals surface area contributed by atoms with Gasteiger partial charge in [0.15, 0.2) is 0 Å². The van der Waals surface area contributed by atoms with Gasteiger partial charge in [0.05, 0.1) is 18.0 Å². The average molecular weight is 356 g/mol. The van der Waals surface area contributed by atoms with Crippen LogP contribution in [0.1, 0.15) is 12.7 Å². The summed E-state index contributed by atoms with van der Waals surface area (Å²) in [4.78, 5) is 12.6. The molecule has 0 saturated heterocycles. The van der Waals surface area contributed by atoms with Crippen LogP contribution in [0.4, 0.5) is 5.82 Å². The topological polar surface area (TPSA) is 50.3 Å². The summed E-state index contributed by atoms with van der Waals surface area (Å²) in [5.41, 5.74) is 2.35. The van der Waals surface area contributed by atoms with Crippen LogP contribution in [-0.4, -0.2) is 48.7 Å². The van der Waals surface area contributed by atoms with Crippen molar-refractivity contribution in [3.05, 3.63) is 41.5 Å². The van der Waals surface area contributed by atoms with Crippen molar-refractivity contribution < 1.29 is 4.74 Å². The quantitative estimate of drug-likeness (QED) is 0.696. The number of hydrogen-bond donors (Lipinski definition) is 1. The molecule has 0 aliphatic heterocycles. The molecule has 1 aromatic carbocycles. The molecule has 5 nitrogen and oxygen atoms in total. The molecule has 6 heteroatoms. The summed E-state index contributed by atoms with van der Waals surface area (Å²) < 4.78 is 5.36. The van der Waals surface area contributed by atoms with Crippen LogP contribution in [0, 0.1) is 0 Å². The fourth-order valence-corrected chi connectivity index (χ4v) is 3.59. The van der Waals surface area contributed by atoms with Gasteiger partial charge in [0, 0.05) is 24.6 Å². The van der Waals surface area contributed by atoms with E-state index in [1.165, 1.54) is 11.1 Å². The predicted octanol–water partition coefficient (Wildman–Crippen LogP) is 3.87. The Bertz CT molecular complexity index is 832. The lowest BCUT2D eigenvalue weighted by Gasteiger charge is -2.15. The molecular formula is C19H24N4OS. The molecule has 1 unspecified atom stereocenters. The molecule has 0 bridgehead atoms. The van der Waals surface area contributed by atoms with Gasteiger partial charge in [0.25, 0.3) is 0 Å². The van der Waals surface area contributed by atoms with Crippen molar-refractivity contribution in [3.8, 4) is 11.1 Å². The SMILES string of the molecule is COC(C)CNc1nc(CN(C)C)nc2scc(-c3ccccc3)c12. The monoisotopic (exact) mass is 356 g/mol. The van der Waals surface area contributed by atoms with E-state index in [-0.39, 0.29) is 6.10 Å². The minimum atomic E-state index is 0.112. The summed E-state index contributed by atoms with van der Waals surface area (Å²) in [5.74, 6) is 1.71. The number of methoxy groups -OCH3 is 1. The van der Waals surface area contributed by atoms with Crippen molar-refractivity contribution in [1.29, 1.82) is 0 Å². The summed E-state index contributed by atoms with van der Waals surface area (Å²) in [6.07, 6.45) is 0.112. The van der Waals surface area contributed by atoms with Gasteiger partial charge in [-0.05, 0) is 26.6 Å². The van der Waals surface area contributed by atoms with Crippen molar-refractivity contribution in [2.45, 2.75) is 19.6 Å². The van der Waals surface area contributed by atoms with Crippen molar-refractivity contribution >= 4 is 27.4 Å². The van der Waals surface area contributed by atoms with Gasteiger partial charge < -0.3 is 15.0 Å². The normalized spacial score (nSPS) is 12.7. The number of rotatable bonds is 7. The third-order valence-corrected chi connectivity index (χ3v) is 4.85. The van der Waals surface area contributed by atoms with Crippen molar-refractivity contribution in [2.75, 3.05) is 33.1 Å². The number of fused-ring (bicyclic) bond motifs is 1. The second kappa shape index (κ2) is 7.91. The second-order valence-electron chi connectivity index (χ2n) is 6.35. The Labute approximate surface area is 152 Å². The minimum Gasteiger partial charge on any atom is -0.380 e. The number of nitrogens with one attached hydrogen (secondary N) is 1. The third kappa shape index (κ3) is 4.15. The molecule has 0 aliphatic carbocycles. The van der Waals surface area contributed by atoms with E-state index in [1.807, 2.05) is 27.1 Å². The number of benzene rings is 1. The lowest BCUT2D eigenvalue weighted by atomic mass is 10.1. The van der Waals surface area contributed by atoms with Crippen LogP contribution in [-0.2, 0) is 11.3 Å². The van der Waals surface area contributed by atoms with Gasteiger partial charge in [-0.25, -0.2) is 9.97 Å². The maximum atomic E-state index is 5.36. The summed E-state index contributed by atoms with van der Waals surface area (Å²) in [6, 6.07) is 10.4. The van der Waals surface area contributed by atoms with Gasteiger partial charge in [-0.3, -0.25) is 0 Å². The maximum Gasteiger partial charge on any atom is 0.146 e. The first kappa shape index (κ1) is 17.8. The molecule has 0 amide bonds. The third-order valence-electron chi connectivity index (χ3n) is 3.98. The first-order valence-corrected chi connectivity index (χ1v) is 9.21. The predicted molar refractivity (Wildman–Crippen MR) is 105 cm³/mol. The number of thiophene rings is 1. The van der Waals surface area contributed by atoms with E-state index in [4.69, 9.17) is 14.7 Å². The molecule has 132 valence electrons. The van der Waals surface area contributed by atoms with Crippen LogP contribution in [0.2, 0.25) is 0 Å². The summed E-state index contributed by atoms with van der Waals surface area (Å²) in [7, 11) is 5.77.